The Bertz CT molecular complexity index is 595. The summed E-state index contributed by atoms with van der Waals surface area (Å²) in [5.41, 5.74) is 0. The van der Waals surface area contributed by atoms with Crippen LogP contribution in [0.5, 0.6) is 0 Å². The van der Waals surface area contributed by atoms with Crippen LogP contribution in [0.2, 0.25) is 0 Å². The van der Waals surface area contributed by atoms with E-state index in [1.807, 2.05) is 30.9 Å². The number of hydrogen-bond acceptors (Lipinski definition) is 4. The molecule has 118 valence electrons. The van der Waals surface area contributed by atoms with Gasteiger partial charge in [-0.15, -0.1) is 23.1 Å². The Kier molecular flexibility index (Phi) is 6.74. The fourth-order valence-electron chi connectivity index (χ4n) is 1.89. The van der Waals surface area contributed by atoms with Crippen LogP contribution in [0.25, 0.3) is 0 Å². The molecule has 2 aromatic rings. The van der Waals surface area contributed by atoms with Crippen LogP contribution in [0.3, 0.4) is 0 Å². The summed E-state index contributed by atoms with van der Waals surface area (Å²) >= 11 is 3.57. The highest BCUT2D eigenvalue weighted by Gasteiger charge is 2.06. The summed E-state index contributed by atoms with van der Waals surface area (Å²) in [4.78, 5) is 11.0. The number of thioether (sulfide) groups is 1. The second-order valence-electron chi connectivity index (χ2n) is 4.89. The molecule has 0 saturated heterocycles. The molecule has 0 aliphatic carbocycles. The first-order valence-corrected chi connectivity index (χ1v) is 8.94. The average Bonchev–Trinajstić information content (AvgIpc) is 2.94. The molecule has 0 aliphatic rings. The van der Waals surface area contributed by atoms with Gasteiger partial charge in [0.1, 0.15) is 0 Å². The molecule has 0 spiro atoms. The predicted molar refractivity (Wildman–Crippen MR) is 96.8 cm³/mol. The number of nitrogens with one attached hydrogen (secondary N) is 2. The van der Waals surface area contributed by atoms with Crippen LogP contribution in [0, 0.1) is 6.92 Å². The lowest BCUT2D eigenvalue weighted by atomic mass is 10.4. The molecule has 1 aromatic heterocycles. The number of rotatable bonds is 6. The Hall–Kier alpha value is -1.53. The maximum absolute atomic E-state index is 4.26. The van der Waals surface area contributed by atoms with E-state index in [2.05, 4.69) is 51.8 Å². The maximum Gasteiger partial charge on any atom is 0.191 e. The third kappa shape index (κ3) is 5.69. The van der Waals surface area contributed by atoms with Gasteiger partial charge in [0.2, 0.25) is 0 Å². The number of aryl methyl sites for hydroxylation is 1. The van der Waals surface area contributed by atoms with Crippen LogP contribution in [0.15, 0.2) is 46.4 Å². The van der Waals surface area contributed by atoms with Crippen molar-refractivity contribution in [1.82, 2.24) is 15.6 Å². The molecule has 1 heterocycles. The summed E-state index contributed by atoms with van der Waals surface area (Å²) in [6, 6.07) is 10.5. The van der Waals surface area contributed by atoms with Gasteiger partial charge in [-0.05, 0) is 19.1 Å². The van der Waals surface area contributed by atoms with E-state index in [0.29, 0.717) is 5.25 Å². The van der Waals surface area contributed by atoms with Gasteiger partial charge in [-0.3, -0.25) is 4.99 Å². The molecule has 0 saturated carbocycles. The van der Waals surface area contributed by atoms with Gasteiger partial charge < -0.3 is 10.6 Å². The van der Waals surface area contributed by atoms with Gasteiger partial charge in [0.25, 0.3) is 0 Å². The van der Waals surface area contributed by atoms with Crippen molar-refractivity contribution in [1.29, 1.82) is 0 Å². The number of hydrogen-bond donors (Lipinski definition) is 2. The first kappa shape index (κ1) is 16.8. The summed E-state index contributed by atoms with van der Waals surface area (Å²) in [5, 5.41) is 8.24. The Morgan fingerprint density at radius 3 is 2.73 bits per heavy atom. The number of thiazole rings is 1. The Morgan fingerprint density at radius 2 is 2.09 bits per heavy atom. The maximum atomic E-state index is 4.26. The lowest BCUT2D eigenvalue weighted by Crippen LogP contribution is -2.39. The zero-order valence-corrected chi connectivity index (χ0v) is 14.8. The molecular formula is C16H22N4S2. The van der Waals surface area contributed by atoms with E-state index >= 15 is 0 Å². The highest BCUT2D eigenvalue weighted by atomic mass is 32.2. The van der Waals surface area contributed by atoms with Crippen LogP contribution >= 0.6 is 23.1 Å². The van der Waals surface area contributed by atoms with Crippen molar-refractivity contribution >= 4 is 29.1 Å². The van der Waals surface area contributed by atoms with Crippen LogP contribution < -0.4 is 10.6 Å². The quantitative estimate of drug-likeness (QED) is 0.483. The van der Waals surface area contributed by atoms with E-state index in [4.69, 9.17) is 0 Å². The second-order valence-corrected chi connectivity index (χ2v) is 7.72. The first-order chi connectivity index (χ1) is 10.7. The molecule has 0 fully saturated rings. The molecule has 1 unspecified atom stereocenters. The van der Waals surface area contributed by atoms with Crippen LogP contribution in [0.1, 0.15) is 16.8 Å². The van der Waals surface area contributed by atoms with Crippen molar-refractivity contribution < 1.29 is 0 Å². The number of guanidine groups is 1. The van der Waals surface area contributed by atoms with Crippen LogP contribution in [0.4, 0.5) is 0 Å². The highest BCUT2D eigenvalue weighted by molar-refractivity contribution is 8.00. The smallest absolute Gasteiger partial charge is 0.191 e. The molecular weight excluding hydrogens is 312 g/mol. The van der Waals surface area contributed by atoms with E-state index in [-0.39, 0.29) is 0 Å². The minimum atomic E-state index is 0.464. The third-order valence-corrected chi connectivity index (χ3v) is 4.99. The molecule has 4 nitrogen and oxygen atoms in total. The zero-order valence-electron chi connectivity index (χ0n) is 13.2. The number of benzene rings is 1. The van der Waals surface area contributed by atoms with E-state index in [0.717, 1.165) is 24.1 Å². The van der Waals surface area contributed by atoms with Gasteiger partial charge in [-0.1, -0.05) is 25.1 Å². The lowest BCUT2D eigenvalue weighted by Gasteiger charge is -2.15. The molecule has 2 N–H and O–H groups in total. The average molecular weight is 335 g/mol. The van der Waals surface area contributed by atoms with Crippen molar-refractivity contribution in [2.45, 2.75) is 30.5 Å². The summed E-state index contributed by atoms with van der Waals surface area (Å²) in [6.07, 6.45) is 1.91. The second kappa shape index (κ2) is 8.80. The van der Waals surface area contributed by atoms with Crippen molar-refractivity contribution in [2.24, 2.45) is 4.99 Å². The van der Waals surface area contributed by atoms with Gasteiger partial charge in [-0.25, -0.2) is 4.98 Å². The van der Waals surface area contributed by atoms with Gasteiger partial charge >= 0.3 is 0 Å². The van der Waals surface area contributed by atoms with Gasteiger partial charge in [0, 0.05) is 34.8 Å². The minimum absolute atomic E-state index is 0.464. The van der Waals surface area contributed by atoms with Crippen LogP contribution in [-0.2, 0) is 6.54 Å². The Labute approximate surface area is 140 Å². The summed E-state index contributed by atoms with van der Waals surface area (Å²) in [6.45, 7) is 5.85. The molecule has 1 aromatic carbocycles. The SMILES string of the molecule is CN=C(NCc1cnc(C)s1)NCC(C)Sc1ccccc1. The standard InChI is InChI=1S/C16H22N4S2/c1-12(21-14-7-5-4-6-8-14)9-19-16(17-3)20-11-15-10-18-13(2)22-15/h4-8,10,12H,9,11H2,1-3H3,(H2,17,19,20). The normalized spacial score (nSPS) is 13.0. The molecule has 0 radical (unpaired) electrons. The topological polar surface area (TPSA) is 49.3 Å². The monoisotopic (exact) mass is 334 g/mol. The zero-order chi connectivity index (χ0) is 15.8. The molecule has 0 aliphatic heterocycles. The predicted octanol–water partition coefficient (Wildman–Crippen LogP) is 3.30. The van der Waals surface area contributed by atoms with Crippen LogP contribution in [-0.4, -0.2) is 29.8 Å². The fourth-order valence-corrected chi connectivity index (χ4v) is 3.57. The number of aliphatic imine (C=N–C) groups is 1. The third-order valence-electron chi connectivity index (χ3n) is 2.96. The fraction of sp³-hybridized carbons (Fsp3) is 0.375. The number of nitrogens with zero attached hydrogens (tertiary/aromatic N) is 2. The van der Waals surface area contributed by atoms with E-state index < -0.39 is 0 Å². The van der Waals surface area contributed by atoms with Gasteiger partial charge in [0.05, 0.1) is 11.6 Å². The van der Waals surface area contributed by atoms with Gasteiger partial charge in [-0.2, -0.15) is 0 Å². The van der Waals surface area contributed by atoms with E-state index in [9.17, 15) is 0 Å². The van der Waals surface area contributed by atoms with Crippen molar-refractivity contribution in [3.8, 4) is 0 Å². The summed E-state index contributed by atoms with van der Waals surface area (Å²) in [7, 11) is 1.79. The summed E-state index contributed by atoms with van der Waals surface area (Å²) in [5.74, 6) is 0.826. The first-order valence-electron chi connectivity index (χ1n) is 7.25. The Balaban J connectivity index is 1.73. The number of aromatic nitrogens is 1. The molecule has 2 rings (SSSR count). The molecule has 6 heteroatoms. The van der Waals surface area contributed by atoms with E-state index in [1.165, 1.54) is 9.77 Å². The highest BCUT2D eigenvalue weighted by Crippen LogP contribution is 2.21. The molecule has 0 bridgehead atoms. The largest absolute Gasteiger partial charge is 0.355 e. The van der Waals surface area contributed by atoms with Gasteiger partial charge in [0.15, 0.2) is 5.96 Å². The molecule has 1 atom stereocenters. The lowest BCUT2D eigenvalue weighted by molar-refractivity contribution is 0.794. The molecule has 22 heavy (non-hydrogen) atoms. The van der Waals surface area contributed by atoms with Crippen molar-refractivity contribution in [2.75, 3.05) is 13.6 Å². The van der Waals surface area contributed by atoms with Crippen molar-refractivity contribution in [3.05, 3.63) is 46.4 Å². The Morgan fingerprint density at radius 1 is 1.32 bits per heavy atom. The minimum Gasteiger partial charge on any atom is -0.355 e. The summed E-state index contributed by atoms with van der Waals surface area (Å²) < 4.78 is 0. The molecule has 0 amide bonds. The van der Waals surface area contributed by atoms with Crippen molar-refractivity contribution in [3.63, 3.8) is 0 Å². The van der Waals surface area contributed by atoms with E-state index in [1.54, 1.807) is 18.4 Å².